The Kier molecular flexibility index (Phi) is 3.81. The third-order valence-electron chi connectivity index (χ3n) is 2.61. The van der Waals surface area contributed by atoms with Crippen LogP contribution in [0.5, 0.6) is 0 Å². The zero-order valence-electron chi connectivity index (χ0n) is 9.38. The summed E-state index contributed by atoms with van der Waals surface area (Å²) < 4.78 is 0. The largest absolute Gasteiger partial charge is 0.397 e. The molecule has 2 heteroatoms. The molecule has 0 atom stereocenters. The van der Waals surface area contributed by atoms with E-state index in [9.17, 15) is 0 Å². The molecule has 2 nitrogen and oxygen atoms in total. The monoisotopic (exact) mass is 192 g/mol. The molecule has 0 aliphatic heterocycles. The number of nitrogens with zero attached hydrogens (tertiary/aromatic N) is 1. The van der Waals surface area contributed by atoms with E-state index in [2.05, 4.69) is 37.8 Å². The van der Waals surface area contributed by atoms with Gasteiger partial charge < -0.3 is 10.6 Å². The van der Waals surface area contributed by atoms with E-state index in [0.717, 1.165) is 25.2 Å². The summed E-state index contributed by atoms with van der Waals surface area (Å²) in [6.07, 6.45) is 1.06. The van der Waals surface area contributed by atoms with E-state index in [4.69, 9.17) is 5.73 Å². The van der Waals surface area contributed by atoms with E-state index < -0.39 is 0 Å². The summed E-state index contributed by atoms with van der Waals surface area (Å²) in [6, 6.07) is 6.30. The van der Waals surface area contributed by atoms with Crippen molar-refractivity contribution in [2.75, 3.05) is 23.7 Å². The van der Waals surface area contributed by atoms with Gasteiger partial charge in [-0.15, -0.1) is 0 Å². The van der Waals surface area contributed by atoms with Gasteiger partial charge in [-0.2, -0.15) is 0 Å². The van der Waals surface area contributed by atoms with Crippen LogP contribution in [0.25, 0.3) is 0 Å². The van der Waals surface area contributed by atoms with Crippen molar-refractivity contribution in [2.45, 2.75) is 27.2 Å². The predicted molar refractivity (Wildman–Crippen MR) is 63.8 cm³/mol. The topological polar surface area (TPSA) is 29.3 Å². The van der Waals surface area contributed by atoms with Gasteiger partial charge in [0, 0.05) is 13.1 Å². The van der Waals surface area contributed by atoms with Crippen LogP contribution in [0.4, 0.5) is 11.4 Å². The van der Waals surface area contributed by atoms with Crippen LogP contribution >= 0.6 is 0 Å². The highest BCUT2D eigenvalue weighted by Gasteiger charge is 2.06. The number of hydrogen-bond donors (Lipinski definition) is 1. The maximum absolute atomic E-state index is 5.95. The molecule has 0 aromatic heterocycles. The molecular formula is C12H20N2. The Morgan fingerprint density at radius 1 is 1.14 bits per heavy atom. The highest BCUT2D eigenvalue weighted by molar-refractivity contribution is 5.68. The highest BCUT2D eigenvalue weighted by Crippen LogP contribution is 2.24. The van der Waals surface area contributed by atoms with Crippen molar-refractivity contribution in [1.29, 1.82) is 0 Å². The third-order valence-corrected chi connectivity index (χ3v) is 2.61. The number of anilines is 2. The molecular weight excluding hydrogens is 172 g/mol. The number of aryl methyl sites for hydroxylation is 1. The second-order valence-corrected chi connectivity index (χ2v) is 3.42. The van der Waals surface area contributed by atoms with Gasteiger partial charge in [0.25, 0.3) is 0 Å². The first-order chi connectivity index (χ1) is 6.72. The van der Waals surface area contributed by atoms with E-state index in [0.29, 0.717) is 0 Å². The van der Waals surface area contributed by atoms with Crippen LogP contribution in [0, 0.1) is 0 Å². The van der Waals surface area contributed by atoms with Gasteiger partial charge in [-0.25, -0.2) is 0 Å². The SMILES string of the molecule is CCc1ccc(N)c(N(CC)CC)c1. The van der Waals surface area contributed by atoms with Gasteiger partial charge in [0.2, 0.25) is 0 Å². The number of nitrogen functional groups attached to an aromatic ring is 1. The zero-order chi connectivity index (χ0) is 10.6. The van der Waals surface area contributed by atoms with E-state index in [1.165, 1.54) is 11.3 Å². The van der Waals surface area contributed by atoms with Gasteiger partial charge in [0.15, 0.2) is 0 Å². The molecule has 14 heavy (non-hydrogen) atoms. The fourth-order valence-electron chi connectivity index (χ4n) is 1.65. The van der Waals surface area contributed by atoms with Crippen LogP contribution in [0.2, 0.25) is 0 Å². The van der Waals surface area contributed by atoms with E-state index in [1.54, 1.807) is 0 Å². The van der Waals surface area contributed by atoms with Crippen LogP contribution in [0.1, 0.15) is 26.3 Å². The van der Waals surface area contributed by atoms with E-state index >= 15 is 0 Å². The fourth-order valence-corrected chi connectivity index (χ4v) is 1.65. The average Bonchev–Trinajstić information content (AvgIpc) is 2.22. The molecule has 0 spiro atoms. The smallest absolute Gasteiger partial charge is 0.0602 e. The number of rotatable bonds is 4. The highest BCUT2D eigenvalue weighted by atomic mass is 15.1. The van der Waals surface area contributed by atoms with E-state index in [-0.39, 0.29) is 0 Å². The average molecular weight is 192 g/mol. The minimum Gasteiger partial charge on any atom is -0.397 e. The summed E-state index contributed by atoms with van der Waals surface area (Å²) in [5.74, 6) is 0. The maximum atomic E-state index is 5.95. The van der Waals surface area contributed by atoms with Crippen molar-refractivity contribution in [3.05, 3.63) is 23.8 Å². The molecule has 1 rings (SSSR count). The molecule has 78 valence electrons. The summed E-state index contributed by atoms with van der Waals surface area (Å²) in [6.45, 7) is 8.49. The van der Waals surface area contributed by atoms with Crippen LogP contribution in [-0.2, 0) is 6.42 Å². The molecule has 0 aliphatic carbocycles. The molecule has 0 amide bonds. The Hall–Kier alpha value is -1.18. The minimum atomic E-state index is 0.880. The van der Waals surface area contributed by atoms with Crippen molar-refractivity contribution in [3.8, 4) is 0 Å². The molecule has 0 bridgehead atoms. The molecule has 0 unspecified atom stereocenters. The second kappa shape index (κ2) is 4.89. The van der Waals surface area contributed by atoms with Crippen LogP contribution in [0.15, 0.2) is 18.2 Å². The molecule has 0 aliphatic rings. The Bertz CT molecular complexity index is 290. The van der Waals surface area contributed by atoms with Gasteiger partial charge in [0.05, 0.1) is 11.4 Å². The summed E-state index contributed by atoms with van der Waals surface area (Å²) in [4.78, 5) is 2.29. The Morgan fingerprint density at radius 3 is 2.29 bits per heavy atom. The first-order valence-corrected chi connectivity index (χ1v) is 5.36. The first kappa shape index (κ1) is 10.9. The van der Waals surface area contributed by atoms with Crippen molar-refractivity contribution in [3.63, 3.8) is 0 Å². The van der Waals surface area contributed by atoms with Gasteiger partial charge >= 0.3 is 0 Å². The van der Waals surface area contributed by atoms with Crippen LogP contribution < -0.4 is 10.6 Å². The molecule has 1 aromatic rings. The van der Waals surface area contributed by atoms with Crippen molar-refractivity contribution in [2.24, 2.45) is 0 Å². The lowest BCUT2D eigenvalue weighted by Crippen LogP contribution is -2.23. The lowest BCUT2D eigenvalue weighted by atomic mass is 10.1. The first-order valence-electron chi connectivity index (χ1n) is 5.36. The molecule has 0 saturated heterocycles. The van der Waals surface area contributed by atoms with Gasteiger partial charge in [-0.05, 0) is 38.0 Å². The summed E-state index contributed by atoms with van der Waals surface area (Å²) in [7, 11) is 0. The van der Waals surface area contributed by atoms with Gasteiger partial charge in [-0.3, -0.25) is 0 Å². The third kappa shape index (κ3) is 2.19. The van der Waals surface area contributed by atoms with Crippen LogP contribution in [0.3, 0.4) is 0 Å². The minimum absolute atomic E-state index is 0.880. The second-order valence-electron chi connectivity index (χ2n) is 3.42. The maximum Gasteiger partial charge on any atom is 0.0602 e. The van der Waals surface area contributed by atoms with Crippen molar-refractivity contribution < 1.29 is 0 Å². The van der Waals surface area contributed by atoms with Crippen molar-refractivity contribution >= 4 is 11.4 Å². The molecule has 0 saturated carbocycles. The summed E-state index contributed by atoms with van der Waals surface area (Å²) in [5.41, 5.74) is 9.36. The summed E-state index contributed by atoms with van der Waals surface area (Å²) >= 11 is 0. The molecule has 0 heterocycles. The molecule has 1 aromatic carbocycles. The Morgan fingerprint density at radius 2 is 1.79 bits per heavy atom. The Balaban J connectivity index is 3.04. The van der Waals surface area contributed by atoms with Crippen molar-refractivity contribution in [1.82, 2.24) is 0 Å². The van der Waals surface area contributed by atoms with E-state index in [1.807, 2.05) is 6.07 Å². The molecule has 2 N–H and O–H groups in total. The molecule has 0 fully saturated rings. The number of benzene rings is 1. The quantitative estimate of drug-likeness (QED) is 0.743. The van der Waals surface area contributed by atoms with Gasteiger partial charge in [0.1, 0.15) is 0 Å². The number of hydrogen-bond acceptors (Lipinski definition) is 2. The Labute approximate surface area is 86.7 Å². The lowest BCUT2D eigenvalue weighted by molar-refractivity contribution is 0.866. The van der Waals surface area contributed by atoms with Crippen LogP contribution in [-0.4, -0.2) is 13.1 Å². The summed E-state index contributed by atoms with van der Waals surface area (Å²) in [5, 5.41) is 0. The number of nitrogens with two attached hydrogens (primary N) is 1. The fraction of sp³-hybridized carbons (Fsp3) is 0.500. The van der Waals surface area contributed by atoms with Gasteiger partial charge in [-0.1, -0.05) is 13.0 Å². The predicted octanol–water partition coefficient (Wildman–Crippen LogP) is 2.68. The normalized spacial score (nSPS) is 10.2. The molecule has 0 radical (unpaired) electrons. The zero-order valence-corrected chi connectivity index (χ0v) is 9.38. The lowest BCUT2D eigenvalue weighted by Gasteiger charge is -2.23. The standard InChI is InChI=1S/C12H20N2/c1-4-10-7-8-11(13)12(9-10)14(5-2)6-3/h7-9H,4-6,13H2,1-3H3.